The lowest BCUT2D eigenvalue weighted by Crippen LogP contribution is -2.33. The highest BCUT2D eigenvalue weighted by atomic mass is 35.5. The molecular formula is C18H22ClFN4O2. The van der Waals surface area contributed by atoms with Gasteiger partial charge in [0.1, 0.15) is 11.9 Å². The maximum Gasteiger partial charge on any atom is 0.225 e. The molecule has 140 valence electrons. The van der Waals surface area contributed by atoms with Crippen LogP contribution in [0.4, 0.5) is 4.39 Å². The summed E-state index contributed by atoms with van der Waals surface area (Å²) in [5, 5.41) is 15.1. The molecule has 1 N–H and O–H groups in total. The van der Waals surface area contributed by atoms with Gasteiger partial charge in [0.25, 0.3) is 0 Å². The van der Waals surface area contributed by atoms with Gasteiger partial charge in [-0.2, -0.15) is 5.10 Å². The highest BCUT2D eigenvalue weighted by Crippen LogP contribution is 2.24. The van der Waals surface area contributed by atoms with Crippen molar-refractivity contribution < 1.29 is 14.3 Å². The molecule has 6 nitrogen and oxygen atoms in total. The summed E-state index contributed by atoms with van der Waals surface area (Å²) in [6.07, 6.45) is -0.902. The quantitative estimate of drug-likeness (QED) is 0.863. The van der Waals surface area contributed by atoms with Gasteiger partial charge in [-0.25, -0.2) is 4.39 Å². The fourth-order valence-electron chi connectivity index (χ4n) is 2.98. The minimum atomic E-state index is -0.914. The summed E-state index contributed by atoms with van der Waals surface area (Å²) in [6.45, 7) is 2.72. The number of fused-ring (bicyclic) bond motifs is 1. The molecule has 2 heterocycles. The standard InChI is InChI=1S/C18H22ClFN4O2/c1-22(2)18(26)9-17(25)16-8-14-11-23(5-6-24(14)21-16)10-12-3-4-13(20)7-15(12)19/h3-4,7-8,17,25H,5-6,9-11H2,1-2H3/t17-/m1/s1. The number of rotatable bonds is 5. The maximum absolute atomic E-state index is 13.2. The van der Waals surface area contributed by atoms with Crippen LogP contribution in [-0.2, 0) is 24.4 Å². The highest BCUT2D eigenvalue weighted by molar-refractivity contribution is 6.31. The van der Waals surface area contributed by atoms with Crippen LogP contribution in [0.1, 0.15) is 29.5 Å². The monoisotopic (exact) mass is 380 g/mol. The Morgan fingerprint density at radius 3 is 2.85 bits per heavy atom. The Hall–Kier alpha value is -1.96. The number of aliphatic hydroxyl groups excluding tert-OH is 1. The average Bonchev–Trinajstić information content (AvgIpc) is 3.00. The lowest BCUT2D eigenvalue weighted by molar-refractivity contribution is -0.130. The van der Waals surface area contributed by atoms with Crippen LogP contribution in [0, 0.1) is 5.82 Å². The van der Waals surface area contributed by atoms with Crippen LogP contribution in [0.5, 0.6) is 0 Å². The molecule has 1 amide bonds. The fraction of sp³-hybridized carbons (Fsp3) is 0.444. The van der Waals surface area contributed by atoms with E-state index in [9.17, 15) is 14.3 Å². The van der Waals surface area contributed by atoms with Crippen LogP contribution in [0.15, 0.2) is 24.3 Å². The number of halogens is 2. The van der Waals surface area contributed by atoms with Crippen molar-refractivity contribution in [3.8, 4) is 0 Å². The van der Waals surface area contributed by atoms with Crippen molar-refractivity contribution in [2.45, 2.75) is 32.2 Å². The molecule has 0 fully saturated rings. The summed E-state index contributed by atoms with van der Waals surface area (Å²) in [4.78, 5) is 15.4. The molecule has 0 aliphatic carbocycles. The van der Waals surface area contributed by atoms with Crippen LogP contribution in [0.2, 0.25) is 5.02 Å². The molecule has 0 saturated carbocycles. The van der Waals surface area contributed by atoms with Crippen LogP contribution in [0.3, 0.4) is 0 Å². The number of aromatic nitrogens is 2. The number of carbonyl (C=O) groups is 1. The minimum Gasteiger partial charge on any atom is -0.386 e. The average molecular weight is 381 g/mol. The van der Waals surface area contributed by atoms with Crippen molar-refractivity contribution in [2.75, 3.05) is 20.6 Å². The normalized spacial score (nSPS) is 15.6. The molecule has 0 bridgehead atoms. The SMILES string of the molecule is CN(C)C(=O)C[C@@H](O)c1cc2n(n1)CCN(Cc1ccc(F)cc1Cl)C2. The maximum atomic E-state index is 13.2. The zero-order chi connectivity index (χ0) is 18.8. The third kappa shape index (κ3) is 4.23. The number of carbonyl (C=O) groups excluding carboxylic acids is 1. The van der Waals surface area contributed by atoms with Crippen molar-refractivity contribution in [1.82, 2.24) is 19.6 Å². The molecule has 1 aliphatic heterocycles. The summed E-state index contributed by atoms with van der Waals surface area (Å²) in [6, 6.07) is 6.27. The van der Waals surface area contributed by atoms with Crippen LogP contribution in [-0.4, -0.2) is 51.2 Å². The van der Waals surface area contributed by atoms with E-state index in [1.165, 1.54) is 17.0 Å². The molecule has 1 aliphatic rings. The lowest BCUT2D eigenvalue weighted by atomic mass is 10.1. The van der Waals surface area contributed by atoms with Crippen LogP contribution < -0.4 is 0 Å². The Kier molecular flexibility index (Phi) is 5.60. The molecule has 26 heavy (non-hydrogen) atoms. The summed E-state index contributed by atoms with van der Waals surface area (Å²) in [7, 11) is 3.32. The molecule has 1 aromatic carbocycles. The first kappa shape index (κ1) is 18.8. The van der Waals surface area contributed by atoms with E-state index in [1.54, 1.807) is 20.2 Å². The number of amides is 1. The molecular weight excluding hydrogens is 359 g/mol. The van der Waals surface area contributed by atoms with Gasteiger partial charge < -0.3 is 10.0 Å². The van der Waals surface area contributed by atoms with E-state index in [0.29, 0.717) is 30.4 Å². The summed E-state index contributed by atoms with van der Waals surface area (Å²) >= 11 is 6.12. The molecule has 0 spiro atoms. The van der Waals surface area contributed by atoms with Gasteiger partial charge in [-0.1, -0.05) is 17.7 Å². The predicted molar refractivity (Wildman–Crippen MR) is 96.0 cm³/mol. The molecule has 1 atom stereocenters. The van der Waals surface area contributed by atoms with E-state index in [-0.39, 0.29) is 18.1 Å². The minimum absolute atomic E-state index is 0.0123. The van der Waals surface area contributed by atoms with Crippen molar-refractivity contribution in [2.24, 2.45) is 0 Å². The van der Waals surface area contributed by atoms with Gasteiger partial charge in [0.05, 0.1) is 24.4 Å². The van der Waals surface area contributed by atoms with E-state index in [4.69, 9.17) is 11.6 Å². The molecule has 8 heteroatoms. The summed E-state index contributed by atoms with van der Waals surface area (Å²) in [5.74, 6) is -0.488. The zero-order valence-corrected chi connectivity index (χ0v) is 15.6. The highest BCUT2D eigenvalue weighted by Gasteiger charge is 2.23. The second kappa shape index (κ2) is 7.73. The molecule has 2 aromatic rings. The molecule has 0 saturated heterocycles. The molecule has 1 aromatic heterocycles. The Morgan fingerprint density at radius 2 is 2.15 bits per heavy atom. The summed E-state index contributed by atoms with van der Waals surface area (Å²) in [5.41, 5.74) is 2.36. The number of nitrogens with zero attached hydrogens (tertiary/aromatic N) is 4. The number of hydrogen-bond acceptors (Lipinski definition) is 4. The van der Waals surface area contributed by atoms with E-state index in [1.807, 2.05) is 10.7 Å². The van der Waals surface area contributed by atoms with E-state index in [0.717, 1.165) is 17.8 Å². The van der Waals surface area contributed by atoms with Crippen LogP contribution in [0.25, 0.3) is 0 Å². The Balaban J connectivity index is 1.67. The van der Waals surface area contributed by atoms with Gasteiger partial charge in [-0.05, 0) is 23.8 Å². The van der Waals surface area contributed by atoms with Gasteiger partial charge in [-0.3, -0.25) is 14.4 Å². The van der Waals surface area contributed by atoms with Gasteiger partial charge in [0.15, 0.2) is 0 Å². The van der Waals surface area contributed by atoms with Gasteiger partial charge >= 0.3 is 0 Å². The molecule has 0 radical (unpaired) electrons. The number of hydrogen-bond donors (Lipinski definition) is 1. The lowest BCUT2D eigenvalue weighted by Gasteiger charge is -2.27. The van der Waals surface area contributed by atoms with Crippen molar-refractivity contribution in [3.05, 3.63) is 52.1 Å². The topological polar surface area (TPSA) is 61.6 Å². The Labute approximate surface area is 156 Å². The third-order valence-electron chi connectivity index (χ3n) is 4.51. The van der Waals surface area contributed by atoms with E-state index >= 15 is 0 Å². The predicted octanol–water partition coefficient (Wildman–Crippen LogP) is 2.20. The Bertz CT molecular complexity index is 808. The first-order valence-corrected chi connectivity index (χ1v) is 8.82. The van der Waals surface area contributed by atoms with Gasteiger partial charge in [-0.15, -0.1) is 0 Å². The zero-order valence-electron chi connectivity index (χ0n) is 14.8. The largest absolute Gasteiger partial charge is 0.386 e. The van der Waals surface area contributed by atoms with Crippen molar-refractivity contribution in [3.63, 3.8) is 0 Å². The van der Waals surface area contributed by atoms with Crippen molar-refractivity contribution in [1.29, 1.82) is 0 Å². The third-order valence-corrected chi connectivity index (χ3v) is 4.86. The molecule has 3 rings (SSSR count). The van der Waals surface area contributed by atoms with Crippen LogP contribution >= 0.6 is 11.6 Å². The summed E-state index contributed by atoms with van der Waals surface area (Å²) < 4.78 is 15.0. The fourth-order valence-corrected chi connectivity index (χ4v) is 3.21. The first-order chi connectivity index (χ1) is 12.3. The number of benzene rings is 1. The van der Waals surface area contributed by atoms with E-state index < -0.39 is 6.10 Å². The van der Waals surface area contributed by atoms with Gasteiger partial charge in [0.2, 0.25) is 5.91 Å². The smallest absolute Gasteiger partial charge is 0.225 e. The number of aliphatic hydroxyl groups is 1. The van der Waals surface area contributed by atoms with Crippen molar-refractivity contribution >= 4 is 17.5 Å². The van der Waals surface area contributed by atoms with Gasteiger partial charge in [0, 0.05) is 38.8 Å². The Morgan fingerprint density at radius 1 is 1.38 bits per heavy atom. The second-order valence-corrected chi connectivity index (χ2v) is 7.15. The van der Waals surface area contributed by atoms with E-state index in [2.05, 4.69) is 10.00 Å². The molecule has 0 unspecified atom stereocenters. The first-order valence-electron chi connectivity index (χ1n) is 8.44. The second-order valence-electron chi connectivity index (χ2n) is 6.74.